The van der Waals surface area contributed by atoms with Crippen molar-refractivity contribution in [1.29, 1.82) is 0 Å². The molecule has 2 N–H and O–H groups in total. The molecule has 0 aromatic heterocycles. The van der Waals surface area contributed by atoms with Gasteiger partial charge in [0, 0.05) is 6.54 Å². The zero-order chi connectivity index (χ0) is 16.5. The largest absolute Gasteiger partial charge is 0.465 e. The van der Waals surface area contributed by atoms with E-state index in [-0.39, 0.29) is 5.56 Å². The highest BCUT2D eigenvalue weighted by atomic mass is 32.1. The Balaban J connectivity index is 2.98. The predicted octanol–water partition coefficient (Wildman–Crippen LogP) is 2.35. The maximum atomic E-state index is 11.8. The van der Waals surface area contributed by atoms with Crippen LogP contribution in [0, 0.1) is 0 Å². The maximum absolute atomic E-state index is 11.8. The Kier molecular flexibility index (Phi) is 7.31. The van der Waals surface area contributed by atoms with Crippen molar-refractivity contribution >= 4 is 35.0 Å². The summed E-state index contributed by atoms with van der Waals surface area (Å²) in [6.45, 7) is 2.81. The number of ether oxygens (including phenoxy) is 2. The first-order valence-corrected chi connectivity index (χ1v) is 7.29. The van der Waals surface area contributed by atoms with E-state index in [1.54, 1.807) is 0 Å². The summed E-state index contributed by atoms with van der Waals surface area (Å²) in [5.74, 6) is -1.01. The van der Waals surface area contributed by atoms with Gasteiger partial charge in [-0.15, -0.1) is 0 Å². The molecular formula is C15H20N2O4S. The number of hydrogen-bond donors (Lipinski definition) is 2. The second-order valence-corrected chi connectivity index (χ2v) is 4.89. The van der Waals surface area contributed by atoms with Crippen LogP contribution in [0.5, 0.6) is 0 Å². The van der Waals surface area contributed by atoms with Crippen molar-refractivity contribution < 1.29 is 19.1 Å². The number of benzene rings is 1. The number of carbonyl (C=O) groups excluding carboxylic acids is 2. The molecule has 1 aromatic carbocycles. The van der Waals surface area contributed by atoms with Crippen LogP contribution in [0.2, 0.25) is 0 Å². The molecule has 0 aliphatic carbocycles. The van der Waals surface area contributed by atoms with Crippen LogP contribution in [0.1, 0.15) is 40.5 Å². The first kappa shape index (κ1) is 17.9. The quantitative estimate of drug-likeness (QED) is 0.472. The van der Waals surface area contributed by atoms with Crippen molar-refractivity contribution in [2.24, 2.45) is 0 Å². The minimum Gasteiger partial charge on any atom is -0.465 e. The Morgan fingerprint density at radius 3 is 2.45 bits per heavy atom. The number of anilines is 1. The van der Waals surface area contributed by atoms with Crippen LogP contribution < -0.4 is 10.6 Å². The lowest BCUT2D eigenvalue weighted by atomic mass is 10.1. The molecule has 1 rings (SSSR count). The lowest BCUT2D eigenvalue weighted by Gasteiger charge is -2.14. The maximum Gasteiger partial charge on any atom is 0.339 e. The number of methoxy groups -OCH3 is 2. The van der Waals surface area contributed by atoms with E-state index in [0.717, 1.165) is 19.4 Å². The molecule has 0 radical (unpaired) electrons. The van der Waals surface area contributed by atoms with Gasteiger partial charge in [0.15, 0.2) is 5.11 Å². The van der Waals surface area contributed by atoms with E-state index in [9.17, 15) is 9.59 Å². The first-order chi connectivity index (χ1) is 10.5. The van der Waals surface area contributed by atoms with E-state index >= 15 is 0 Å². The molecular weight excluding hydrogens is 304 g/mol. The van der Waals surface area contributed by atoms with Crippen LogP contribution >= 0.6 is 12.2 Å². The average Bonchev–Trinajstić information content (AvgIpc) is 2.53. The molecule has 22 heavy (non-hydrogen) atoms. The van der Waals surface area contributed by atoms with Crippen LogP contribution in [0.3, 0.4) is 0 Å². The number of nitrogens with one attached hydrogen (secondary N) is 2. The molecule has 0 unspecified atom stereocenters. The summed E-state index contributed by atoms with van der Waals surface area (Å²) >= 11 is 5.18. The number of thiocarbonyl (C=S) groups is 1. The van der Waals surface area contributed by atoms with E-state index < -0.39 is 11.9 Å². The zero-order valence-electron chi connectivity index (χ0n) is 12.9. The second-order valence-electron chi connectivity index (χ2n) is 4.48. The number of rotatable bonds is 6. The van der Waals surface area contributed by atoms with Gasteiger partial charge in [-0.3, -0.25) is 0 Å². The second kappa shape index (κ2) is 8.99. The number of esters is 2. The van der Waals surface area contributed by atoms with Gasteiger partial charge < -0.3 is 20.1 Å². The standard InChI is InChI=1S/C15H20N2O4S/c1-4-5-8-16-15(22)17-12-9-10(13(18)20-2)6-7-11(12)14(19)21-3/h6-7,9H,4-5,8H2,1-3H3,(H2,16,17,22). The fourth-order valence-electron chi connectivity index (χ4n) is 1.73. The van der Waals surface area contributed by atoms with Gasteiger partial charge >= 0.3 is 11.9 Å². The SMILES string of the molecule is CCCCNC(=S)Nc1cc(C(=O)OC)ccc1C(=O)OC. The highest BCUT2D eigenvalue weighted by molar-refractivity contribution is 7.80. The molecule has 0 fully saturated rings. The summed E-state index contributed by atoms with van der Waals surface area (Å²) < 4.78 is 9.40. The van der Waals surface area contributed by atoms with Crippen LogP contribution in [-0.2, 0) is 9.47 Å². The summed E-state index contributed by atoms with van der Waals surface area (Å²) in [5, 5.41) is 6.32. The van der Waals surface area contributed by atoms with Crippen molar-refractivity contribution in [1.82, 2.24) is 5.32 Å². The van der Waals surface area contributed by atoms with Crippen molar-refractivity contribution in [2.45, 2.75) is 19.8 Å². The molecule has 0 heterocycles. The van der Waals surface area contributed by atoms with E-state index in [4.69, 9.17) is 17.0 Å². The van der Waals surface area contributed by atoms with Crippen molar-refractivity contribution in [3.63, 3.8) is 0 Å². The summed E-state index contributed by atoms with van der Waals surface area (Å²) in [7, 11) is 2.58. The fraction of sp³-hybridized carbons (Fsp3) is 0.400. The highest BCUT2D eigenvalue weighted by Crippen LogP contribution is 2.19. The van der Waals surface area contributed by atoms with Crippen LogP contribution in [0.15, 0.2) is 18.2 Å². The van der Waals surface area contributed by atoms with Gasteiger partial charge in [-0.05, 0) is 36.8 Å². The molecule has 0 saturated heterocycles. The average molecular weight is 324 g/mol. The topological polar surface area (TPSA) is 76.7 Å². The first-order valence-electron chi connectivity index (χ1n) is 6.89. The lowest BCUT2D eigenvalue weighted by Crippen LogP contribution is -2.30. The van der Waals surface area contributed by atoms with Gasteiger partial charge in [-0.1, -0.05) is 13.3 Å². The molecule has 7 heteroatoms. The molecule has 120 valence electrons. The Hall–Kier alpha value is -2.15. The number of hydrogen-bond acceptors (Lipinski definition) is 5. The third kappa shape index (κ3) is 5.00. The zero-order valence-corrected chi connectivity index (χ0v) is 13.7. The van der Waals surface area contributed by atoms with E-state index in [0.29, 0.717) is 16.4 Å². The molecule has 0 atom stereocenters. The van der Waals surface area contributed by atoms with Gasteiger partial charge in [0.1, 0.15) is 0 Å². The van der Waals surface area contributed by atoms with E-state index in [2.05, 4.69) is 22.3 Å². The van der Waals surface area contributed by atoms with E-state index in [1.165, 1.54) is 32.4 Å². The van der Waals surface area contributed by atoms with Crippen molar-refractivity contribution in [3.8, 4) is 0 Å². The minimum absolute atomic E-state index is 0.287. The Bertz CT molecular complexity index is 560. The van der Waals surface area contributed by atoms with Gasteiger partial charge in [0.05, 0.1) is 31.0 Å². The molecule has 1 aromatic rings. The molecule has 0 spiro atoms. The number of unbranched alkanes of at least 4 members (excludes halogenated alkanes) is 1. The highest BCUT2D eigenvalue weighted by Gasteiger charge is 2.16. The van der Waals surface area contributed by atoms with Crippen molar-refractivity contribution in [2.75, 3.05) is 26.1 Å². The molecule has 0 aliphatic heterocycles. The van der Waals surface area contributed by atoms with Crippen LogP contribution in [0.25, 0.3) is 0 Å². The summed E-state index contributed by atoms with van der Waals surface area (Å²) in [6.07, 6.45) is 2.02. The van der Waals surface area contributed by atoms with Gasteiger partial charge in [-0.2, -0.15) is 0 Å². The van der Waals surface area contributed by atoms with Gasteiger partial charge in [-0.25, -0.2) is 9.59 Å². The summed E-state index contributed by atoms with van der Waals surface area (Å²) in [6, 6.07) is 4.50. The normalized spacial score (nSPS) is 9.77. The van der Waals surface area contributed by atoms with E-state index in [1.807, 2.05) is 0 Å². The van der Waals surface area contributed by atoms with Crippen molar-refractivity contribution in [3.05, 3.63) is 29.3 Å². The summed E-state index contributed by atoms with van der Waals surface area (Å²) in [4.78, 5) is 23.4. The van der Waals surface area contributed by atoms with Crippen LogP contribution in [0.4, 0.5) is 5.69 Å². The number of carbonyl (C=O) groups is 2. The van der Waals surface area contributed by atoms with Crippen LogP contribution in [-0.4, -0.2) is 37.8 Å². The molecule has 0 bridgehead atoms. The molecule has 0 saturated carbocycles. The monoisotopic (exact) mass is 324 g/mol. The third-order valence-electron chi connectivity index (χ3n) is 2.91. The predicted molar refractivity (Wildman–Crippen MR) is 88.3 cm³/mol. The fourth-order valence-corrected chi connectivity index (χ4v) is 1.94. The van der Waals surface area contributed by atoms with Gasteiger partial charge in [0.25, 0.3) is 0 Å². The molecule has 6 nitrogen and oxygen atoms in total. The molecule has 0 aliphatic rings. The Labute approximate surface area is 135 Å². The Morgan fingerprint density at radius 2 is 1.86 bits per heavy atom. The smallest absolute Gasteiger partial charge is 0.339 e. The Morgan fingerprint density at radius 1 is 1.18 bits per heavy atom. The molecule has 0 amide bonds. The minimum atomic E-state index is -0.518. The van der Waals surface area contributed by atoms with Gasteiger partial charge in [0.2, 0.25) is 0 Å². The lowest BCUT2D eigenvalue weighted by molar-refractivity contribution is 0.0587. The third-order valence-corrected chi connectivity index (χ3v) is 3.16. The summed E-state index contributed by atoms with van der Waals surface area (Å²) in [5.41, 5.74) is 0.993.